The monoisotopic (exact) mass is 407 g/mol. The van der Waals surface area contributed by atoms with E-state index in [0.29, 0.717) is 0 Å². The molecule has 6 aromatic rings. The Kier molecular flexibility index (Phi) is 3.74. The van der Waals surface area contributed by atoms with Crippen molar-refractivity contribution in [3.63, 3.8) is 0 Å². The molecule has 0 N–H and O–H groups in total. The van der Waals surface area contributed by atoms with Gasteiger partial charge in [0.1, 0.15) is 0 Å². The van der Waals surface area contributed by atoms with Crippen molar-refractivity contribution >= 4 is 32.4 Å². The fraction of sp³-hybridized carbons (Fsp3) is 0.0645. The Hall–Kier alpha value is -3.97. The van der Waals surface area contributed by atoms with Crippen LogP contribution >= 0.6 is 0 Å². The number of hydrogen-bond acceptors (Lipinski definition) is 1. The number of nitrogens with zero attached hydrogens (tertiary/aromatic N) is 1. The Balaban J connectivity index is 1.69. The van der Waals surface area contributed by atoms with Gasteiger partial charge in [-0.3, -0.25) is 4.98 Å². The Morgan fingerprint density at radius 2 is 1.19 bits per heavy atom. The minimum absolute atomic E-state index is 1.07. The van der Waals surface area contributed by atoms with Crippen LogP contribution in [0.15, 0.2) is 103 Å². The van der Waals surface area contributed by atoms with E-state index in [1.165, 1.54) is 60.3 Å². The number of pyridine rings is 1. The van der Waals surface area contributed by atoms with Crippen LogP contribution in [0.2, 0.25) is 0 Å². The molecule has 1 aliphatic carbocycles. The summed E-state index contributed by atoms with van der Waals surface area (Å²) in [5, 5.41) is 6.57. The molecule has 0 unspecified atom stereocenters. The summed E-state index contributed by atoms with van der Waals surface area (Å²) < 4.78 is 0. The van der Waals surface area contributed by atoms with Gasteiger partial charge in [0.15, 0.2) is 0 Å². The van der Waals surface area contributed by atoms with Crippen molar-refractivity contribution < 1.29 is 0 Å². The average molecular weight is 408 g/mol. The first-order valence-electron chi connectivity index (χ1n) is 11.3. The molecule has 1 heterocycles. The lowest BCUT2D eigenvalue weighted by molar-refractivity contribution is 1.02. The highest BCUT2D eigenvalue weighted by Gasteiger charge is 2.21. The van der Waals surface area contributed by atoms with Gasteiger partial charge in [0.25, 0.3) is 0 Å². The summed E-state index contributed by atoms with van der Waals surface area (Å²) in [5.41, 5.74) is 9.04. The smallest absolute Gasteiger partial charge is 0.0792 e. The predicted octanol–water partition coefficient (Wildman–Crippen LogP) is 7.97. The third kappa shape index (κ3) is 2.42. The summed E-state index contributed by atoms with van der Waals surface area (Å²) in [7, 11) is 0. The summed E-state index contributed by atoms with van der Waals surface area (Å²) in [6, 6.07) is 35.3. The Bertz CT molecular complexity index is 1590. The van der Waals surface area contributed by atoms with Crippen LogP contribution in [-0.4, -0.2) is 4.98 Å². The quantitative estimate of drug-likeness (QED) is 0.265. The number of rotatable bonds is 2. The van der Waals surface area contributed by atoms with Gasteiger partial charge in [-0.25, -0.2) is 0 Å². The lowest BCUT2D eigenvalue weighted by Gasteiger charge is -2.18. The van der Waals surface area contributed by atoms with Crippen LogP contribution in [0.1, 0.15) is 11.1 Å². The van der Waals surface area contributed by atoms with Crippen LogP contribution in [0.3, 0.4) is 0 Å². The third-order valence-electron chi connectivity index (χ3n) is 6.99. The van der Waals surface area contributed by atoms with Gasteiger partial charge in [-0.15, -0.1) is 0 Å². The van der Waals surface area contributed by atoms with Crippen LogP contribution in [0.4, 0.5) is 0 Å². The maximum atomic E-state index is 4.92. The van der Waals surface area contributed by atoms with E-state index in [4.69, 9.17) is 4.98 Å². The van der Waals surface area contributed by atoms with Gasteiger partial charge in [0.2, 0.25) is 0 Å². The third-order valence-corrected chi connectivity index (χ3v) is 6.99. The van der Waals surface area contributed by atoms with Gasteiger partial charge in [-0.1, -0.05) is 91.0 Å². The molecule has 1 aromatic heterocycles. The molecule has 5 aromatic carbocycles. The summed E-state index contributed by atoms with van der Waals surface area (Å²) >= 11 is 0. The zero-order valence-corrected chi connectivity index (χ0v) is 17.7. The van der Waals surface area contributed by atoms with Crippen molar-refractivity contribution in [2.45, 2.75) is 12.8 Å². The molecule has 0 spiro atoms. The van der Waals surface area contributed by atoms with Gasteiger partial charge < -0.3 is 0 Å². The Morgan fingerprint density at radius 1 is 0.500 bits per heavy atom. The fourth-order valence-corrected chi connectivity index (χ4v) is 5.65. The van der Waals surface area contributed by atoms with Crippen LogP contribution in [0.5, 0.6) is 0 Å². The molecule has 1 nitrogen and oxygen atoms in total. The largest absolute Gasteiger partial charge is 0.256 e. The first kappa shape index (κ1) is 17.7. The maximum absolute atomic E-state index is 4.92. The summed E-state index contributed by atoms with van der Waals surface area (Å²) in [4.78, 5) is 4.92. The van der Waals surface area contributed by atoms with Gasteiger partial charge in [0, 0.05) is 17.1 Å². The summed E-state index contributed by atoms with van der Waals surface area (Å²) in [6.07, 6.45) is 4.21. The second-order valence-electron chi connectivity index (χ2n) is 8.67. The predicted molar refractivity (Wildman–Crippen MR) is 135 cm³/mol. The molecule has 7 rings (SSSR count). The topological polar surface area (TPSA) is 12.9 Å². The van der Waals surface area contributed by atoms with Crippen molar-refractivity contribution in [3.05, 3.63) is 114 Å². The molecule has 1 heteroatoms. The van der Waals surface area contributed by atoms with E-state index >= 15 is 0 Å². The van der Waals surface area contributed by atoms with Gasteiger partial charge in [0.05, 0.1) is 5.52 Å². The molecule has 1 aliphatic rings. The van der Waals surface area contributed by atoms with E-state index in [2.05, 4.69) is 97.1 Å². The lowest BCUT2D eigenvalue weighted by atomic mass is 9.86. The molecule has 150 valence electrons. The number of aromatic nitrogens is 1. The van der Waals surface area contributed by atoms with Crippen LogP contribution in [0.25, 0.3) is 54.7 Å². The van der Waals surface area contributed by atoms with E-state index in [9.17, 15) is 0 Å². The van der Waals surface area contributed by atoms with Crippen LogP contribution in [0, 0.1) is 0 Å². The van der Waals surface area contributed by atoms with Crippen LogP contribution in [-0.2, 0) is 12.8 Å². The van der Waals surface area contributed by atoms with E-state index in [1.54, 1.807) is 0 Å². The standard InChI is InChI=1S/C31H21N/c1-2-8-20(9-3-1)29-24-11-4-5-12-25(24)30(27-14-7-19-32-31(27)29)26-18-17-22-16-15-21-10-6-13-23(26)28(21)22/h1-14,17-19H,15-16H2. The Morgan fingerprint density at radius 3 is 2.03 bits per heavy atom. The second kappa shape index (κ2) is 6.77. The van der Waals surface area contributed by atoms with Crippen LogP contribution < -0.4 is 0 Å². The van der Waals surface area contributed by atoms with Gasteiger partial charge in [-0.05, 0) is 68.3 Å². The lowest BCUT2D eigenvalue weighted by Crippen LogP contribution is -1.93. The van der Waals surface area contributed by atoms with Crippen molar-refractivity contribution in [1.29, 1.82) is 0 Å². The first-order chi connectivity index (χ1) is 15.9. The molecule has 0 atom stereocenters. The van der Waals surface area contributed by atoms with E-state index in [0.717, 1.165) is 18.4 Å². The average Bonchev–Trinajstić information content (AvgIpc) is 3.28. The highest BCUT2D eigenvalue weighted by Crippen LogP contribution is 2.45. The van der Waals surface area contributed by atoms with Crippen molar-refractivity contribution in [2.75, 3.05) is 0 Å². The first-order valence-corrected chi connectivity index (χ1v) is 11.3. The molecule has 0 aliphatic heterocycles. The highest BCUT2D eigenvalue weighted by atomic mass is 14.7. The molecular weight excluding hydrogens is 386 g/mol. The second-order valence-corrected chi connectivity index (χ2v) is 8.67. The van der Waals surface area contributed by atoms with Gasteiger partial charge in [-0.2, -0.15) is 0 Å². The highest BCUT2D eigenvalue weighted by molar-refractivity contribution is 6.22. The SMILES string of the molecule is c1ccc(-c2c3ccccc3c(-c3ccc4c5c(cccc35)CC4)c3cccnc23)cc1. The van der Waals surface area contributed by atoms with E-state index < -0.39 is 0 Å². The Labute approximate surface area is 187 Å². The number of aryl methyl sites for hydroxylation is 2. The summed E-state index contributed by atoms with van der Waals surface area (Å²) in [6.45, 7) is 0. The van der Waals surface area contributed by atoms with E-state index in [1.807, 2.05) is 6.20 Å². The summed E-state index contributed by atoms with van der Waals surface area (Å²) in [5.74, 6) is 0. The molecule has 0 fully saturated rings. The normalized spacial score (nSPS) is 12.8. The molecule has 0 saturated carbocycles. The zero-order valence-electron chi connectivity index (χ0n) is 17.7. The number of hydrogen-bond donors (Lipinski definition) is 0. The molecule has 0 amide bonds. The molecule has 0 saturated heterocycles. The minimum Gasteiger partial charge on any atom is -0.256 e. The molecule has 0 radical (unpaired) electrons. The maximum Gasteiger partial charge on any atom is 0.0792 e. The number of fused-ring (bicyclic) bond motifs is 2. The minimum atomic E-state index is 1.07. The number of benzene rings is 5. The van der Waals surface area contributed by atoms with E-state index in [-0.39, 0.29) is 0 Å². The zero-order chi connectivity index (χ0) is 21.1. The molecule has 32 heavy (non-hydrogen) atoms. The van der Waals surface area contributed by atoms with Gasteiger partial charge >= 0.3 is 0 Å². The van der Waals surface area contributed by atoms with Crippen molar-refractivity contribution in [1.82, 2.24) is 4.98 Å². The van der Waals surface area contributed by atoms with Crippen molar-refractivity contribution in [3.8, 4) is 22.3 Å². The van der Waals surface area contributed by atoms with Crippen molar-refractivity contribution in [2.24, 2.45) is 0 Å². The fourth-order valence-electron chi connectivity index (χ4n) is 5.65. The molecular formula is C31H21N. The molecule has 0 bridgehead atoms.